The Hall–Kier alpha value is -1.50. The Morgan fingerprint density at radius 3 is 2.84 bits per heavy atom. The second-order valence-corrected chi connectivity index (χ2v) is 4.61. The molecule has 0 unspecified atom stereocenters. The summed E-state index contributed by atoms with van der Waals surface area (Å²) >= 11 is 0. The molecule has 0 aromatic heterocycles. The predicted molar refractivity (Wildman–Crippen MR) is 74.1 cm³/mol. The summed E-state index contributed by atoms with van der Waals surface area (Å²) in [4.78, 5) is 0. The summed E-state index contributed by atoms with van der Waals surface area (Å²) in [5.74, 6) is 6.27. The highest BCUT2D eigenvalue weighted by molar-refractivity contribution is 5.39. The van der Waals surface area contributed by atoms with Gasteiger partial charge in [-0.25, -0.2) is 0 Å². The largest absolute Gasteiger partial charge is 0.491 e. The zero-order valence-electron chi connectivity index (χ0n) is 11.1. The zero-order valence-corrected chi connectivity index (χ0v) is 11.1. The van der Waals surface area contributed by atoms with Crippen molar-refractivity contribution in [2.24, 2.45) is 0 Å². The number of ether oxygens (including phenoxy) is 2. The van der Waals surface area contributed by atoms with Crippen LogP contribution in [0.5, 0.6) is 5.75 Å². The molecule has 0 amide bonds. The van der Waals surface area contributed by atoms with Crippen molar-refractivity contribution in [3.63, 3.8) is 0 Å². The molecular formula is C16H20O3. The Morgan fingerprint density at radius 1 is 1.21 bits per heavy atom. The lowest BCUT2D eigenvalue weighted by Crippen LogP contribution is -2.13. The van der Waals surface area contributed by atoms with Crippen LogP contribution >= 0.6 is 0 Å². The van der Waals surface area contributed by atoms with Crippen LogP contribution in [0, 0.1) is 11.8 Å². The fourth-order valence-electron chi connectivity index (χ4n) is 2.23. The van der Waals surface area contributed by atoms with Crippen molar-refractivity contribution in [1.29, 1.82) is 0 Å². The summed E-state index contributed by atoms with van der Waals surface area (Å²) in [5, 5.41) is 8.65. The molecule has 1 aromatic carbocycles. The lowest BCUT2D eigenvalue weighted by atomic mass is 10.2. The molecule has 1 saturated carbocycles. The first kappa shape index (κ1) is 13.9. The van der Waals surface area contributed by atoms with Crippen molar-refractivity contribution >= 4 is 0 Å². The molecule has 1 aromatic rings. The Bertz CT molecular complexity index is 439. The molecule has 1 aliphatic carbocycles. The fourth-order valence-corrected chi connectivity index (χ4v) is 2.23. The van der Waals surface area contributed by atoms with Crippen LogP contribution in [0.2, 0.25) is 0 Å². The number of aliphatic hydroxyl groups excluding tert-OH is 1. The molecule has 0 aliphatic heterocycles. The van der Waals surface area contributed by atoms with Gasteiger partial charge in [0.2, 0.25) is 0 Å². The van der Waals surface area contributed by atoms with Crippen LogP contribution in [0.1, 0.15) is 31.2 Å². The normalized spacial score (nSPS) is 15.0. The van der Waals surface area contributed by atoms with Crippen molar-refractivity contribution < 1.29 is 14.6 Å². The first-order chi connectivity index (χ1) is 9.38. The third-order valence-electron chi connectivity index (χ3n) is 3.15. The summed E-state index contributed by atoms with van der Waals surface area (Å²) in [6.07, 6.45) is 5.39. The molecular weight excluding hydrogens is 240 g/mol. The van der Waals surface area contributed by atoms with Crippen LogP contribution in [0.4, 0.5) is 0 Å². The minimum absolute atomic E-state index is 0.125. The van der Waals surface area contributed by atoms with Crippen molar-refractivity contribution in [1.82, 2.24) is 0 Å². The molecule has 1 aliphatic rings. The van der Waals surface area contributed by atoms with Gasteiger partial charge in [0.1, 0.15) is 19.0 Å². The van der Waals surface area contributed by atoms with Crippen molar-refractivity contribution in [2.75, 3.05) is 19.8 Å². The number of hydrogen-bond donors (Lipinski definition) is 1. The molecule has 1 N–H and O–H groups in total. The Balaban J connectivity index is 1.72. The number of benzene rings is 1. The molecule has 2 rings (SSSR count). The van der Waals surface area contributed by atoms with Gasteiger partial charge >= 0.3 is 0 Å². The number of aliphatic hydroxyl groups is 1. The summed E-state index contributed by atoms with van der Waals surface area (Å²) in [5.41, 5.74) is 0.850. The SMILES string of the molecule is OCC#Cc1cccc(OCCOC2CCCC2)c1. The minimum Gasteiger partial charge on any atom is -0.491 e. The van der Waals surface area contributed by atoms with E-state index >= 15 is 0 Å². The van der Waals surface area contributed by atoms with Gasteiger partial charge < -0.3 is 14.6 Å². The van der Waals surface area contributed by atoms with E-state index in [0.717, 1.165) is 11.3 Å². The second-order valence-electron chi connectivity index (χ2n) is 4.61. The highest BCUT2D eigenvalue weighted by Crippen LogP contribution is 2.20. The first-order valence-electron chi connectivity index (χ1n) is 6.82. The Labute approximate surface area is 114 Å². The van der Waals surface area contributed by atoms with E-state index in [1.807, 2.05) is 24.3 Å². The standard InChI is InChI=1S/C16H20O3/c17-10-4-6-14-5-3-9-16(13-14)19-12-11-18-15-7-1-2-8-15/h3,5,9,13,15,17H,1-2,7-8,10-12H2. The molecule has 19 heavy (non-hydrogen) atoms. The van der Waals surface area contributed by atoms with Crippen molar-refractivity contribution in [2.45, 2.75) is 31.8 Å². The van der Waals surface area contributed by atoms with Gasteiger partial charge in [0, 0.05) is 5.56 Å². The summed E-state index contributed by atoms with van der Waals surface area (Å²) < 4.78 is 11.4. The van der Waals surface area contributed by atoms with Crippen molar-refractivity contribution in [3.05, 3.63) is 29.8 Å². The van der Waals surface area contributed by atoms with Gasteiger partial charge in [-0.3, -0.25) is 0 Å². The van der Waals surface area contributed by atoms with Gasteiger partial charge in [-0.2, -0.15) is 0 Å². The molecule has 0 radical (unpaired) electrons. The third-order valence-corrected chi connectivity index (χ3v) is 3.15. The van der Waals surface area contributed by atoms with Gasteiger partial charge in [0.25, 0.3) is 0 Å². The van der Waals surface area contributed by atoms with E-state index in [2.05, 4.69) is 11.8 Å². The van der Waals surface area contributed by atoms with Crippen LogP contribution in [-0.4, -0.2) is 31.0 Å². The van der Waals surface area contributed by atoms with Gasteiger partial charge in [0.05, 0.1) is 12.7 Å². The zero-order chi connectivity index (χ0) is 13.3. The summed E-state index contributed by atoms with van der Waals surface area (Å²) in [6.45, 7) is 1.07. The van der Waals surface area contributed by atoms with Gasteiger partial charge in [-0.05, 0) is 31.0 Å². The van der Waals surface area contributed by atoms with Gasteiger partial charge in [-0.1, -0.05) is 30.7 Å². The maximum Gasteiger partial charge on any atom is 0.120 e. The third kappa shape index (κ3) is 4.94. The topological polar surface area (TPSA) is 38.7 Å². The molecule has 3 nitrogen and oxygen atoms in total. The highest BCUT2D eigenvalue weighted by atomic mass is 16.5. The summed E-state index contributed by atoms with van der Waals surface area (Å²) in [7, 11) is 0. The van der Waals surface area contributed by atoms with E-state index in [1.165, 1.54) is 25.7 Å². The lowest BCUT2D eigenvalue weighted by Gasteiger charge is -2.11. The number of hydrogen-bond acceptors (Lipinski definition) is 3. The van der Waals surface area contributed by atoms with Crippen molar-refractivity contribution in [3.8, 4) is 17.6 Å². The van der Waals surface area contributed by atoms with Crippen LogP contribution in [0.3, 0.4) is 0 Å². The lowest BCUT2D eigenvalue weighted by molar-refractivity contribution is 0.0382. The van der Waals surface area contributed by atoms with E-state index < -0.39 is 0 Å². The highest BCUT2D eigenvalue weighted by Gasteiger charge is 2.14. The first-order valence-corrected chi connectivity index (χ1v) is 6.82. The van der Waals surface area contributed by atoms with Crippen LogP contribution in [0.15, 0.2) is 24.3 Å². The molecule has 102 valence electrons. The van der Waals surface area contributed by atoms with E-state index in [4.69, 9.17) is 14.6 Å². The van der Waals surface area contributed by atoms with Crippen LogP contribution < -0.4 is 4.74 Å². The molecule has 0 bridgehead atoms. The second kappa shape index (κ2) is 7.83. The monoisotopic (exact) mass is 260 g/mol. The molecule has 0 saturated heterocycles. The predicted octanol–water partition coefficient (Wildman–Crippen LogP) is 2.37. The Morgan fingerprint density at radius 2 is 2.05 bits per heavy atom. The average Bonchev–Trinajstić information content (AvgIpc) is 2.95. The molecule has 1 fully saturated rings. The molecule has 0 spiro atoms. The molecule has 0 heterocycles. The maximum atomic E-state index is 8.65. The van der Waals surface area contributed by atoms with E-state index in [0.29, 0.717) is 19.3 Å². The van der Waals surface area contributed by atoms with Crippen LogP contribution in [-0.2, 0) is 4.74 Å². The smallest absolute Gasteiger partial charge is 0.120 e. The maximum absolute atomic E-state index is 8.65. The van der Waals surface area contributed by atoms with Gasteiger partial charge in [-0.15, -0.1) is 0 Å². The molecule has 0 atom stereocenters. The number of rotatable bonds is 5. The quantitative estimate of drug-likeness (QED) is 0.652. The minimum atomic E-state index is -0.125. The Kier molecular flexibility index (Phi) is 5.74. The summed E-state index contributed by atoms with van der Waals surface area (Å²) in [6, 6.07) is 7.57. The van der Waals surface area contributed by atoms with Gasteiger partial charge in [0.15, 0.2) is 0 Å². The molecule has 3 heteroatoms. The van der Waals surface area contributed by atoms with E-state index in [-0.39, 0.29) is 6.61 Å². The average molecular weight is 260 g/mol. The van der Waals surface area contributed by atoms with E-state index in [9.17, 15) is 0 Å². The van der Waals surface area contributed by atoms with E-state index in [1.54, 1.807) is 0 Å². The fraction of sp³-hybridized carbons (Fsp3) is 0.500. The van der Waals surface area contributed by atoms with Crippen LogP contribution in [0.25, 0.3) is 0 Å².